The standard InChI is InChI=1S/C23H28N6O2S/c1-13(2)18(14(3)4)27-31-22-20-19(24-7-8-25-20)21(30)29(22)12-15-5-6-17-16(11-15)28-10-9-26-23(28)32-17/h5-8,11,13-14,18,22,27H,9-10,12H2,1-4H3. The number of fused-ring (bicyclic) bond motifs is 4. The van der Waals surface area contributed by atoms with Crippen molar-refractivity contribution in [2.75, 3.05) is 18.0 Å². The zero-order chi connectivity index (χ0) is 22.4. The van der Waals surface area contributed by atoms with Gasteiger partial charge >= 0.3 is 0 Å². The molecule has 9 heteroatoms. The quantitative estimate of drug-likeness (QED) is 0.643. The minimum Gasteiger partial charge on any atom is -0.318 e. The molecule has 3 aliphatic rings. The molecule has 168 valence electrons. The molecule has 1 aromatic heterocycles. The van der Waals surface area contributed by atoms with Crippen LogP contribution in [0.3, 0.4) is 0 Å². The highest BCUT2D eigenvalue weighted by atomic mass is 32.2. The molecule has 0 aliphatic carbocycles. The van der Waals surface area contributed by atoms with Gasteiger partial charge in [-0.2, -0.15) is 5.48 Å². The summed E-state index contributed by atoms with van der Waals surface area (Å²) in [4.78, 5) is 37.8. The summed E-state index contributed by atoms with van der Waals surface area (Å²) >= 11 is 1.71. The topological polar surface area (TPSA) is 82.9 Å². The molecule has 1 atom stereocenters. The molecule has 0 saturated carbocycles. The highest BCUT2D eigenvalue weighted by Crippen LogP contribution is 2.43. The van der Waals surface area contributed by atoms with E-state index in [0.29, 0.717) is 29.8 Å². The average molecular weight is 453 g/mol. The number of thioether (sulfide) groups is 1. The number of anilines is 1. The largest absolute Gasteiger partial charge is 0.318 e. The van der Waals surface area contributed by atoms with Gasteiger partial charge < -0.3 is 9.80 Å². The van der Waals surface area contributed by atoms with Gasteiger partial charge in [0.2, 0.25) is 0 Å². The van der Waals surface area contributed by atoms with Crippen LogP contribution < -0.4 is 10.4 Å². The van der Waals surface area contributed by atoms with Gasteiger partial charge in [0.1, 0.15) is 5.69 Å². The first kappa shape index (κ1) is 21.4. The number of amidine groups is 1. The van der Waals surface area contributed by atoms with Crippen molar-refractivity contribution >= 4 is 28.5 Å². The second-order valence-corrected chi connectivity index (χ2v) is 10.1. The van der Waals surface area contributed by atoms with E-state index in [4.69, 9.17) is 4.84 Å². The van der Waals surface area contributed by atoms with Crippen LogP contribution in [0.2, 0.25) is 0 Å². The molecule has 5 rings (SSSR count). The number of aromatic nitrogens is 2. The van der Waals surface area contributed by atoms with Crippen molar-refractivity contribution in [2.45, 2.75) is 51.4 Å². The summed E-state index contributed by atoms with van der Waals surface area (Å²) in [7, 11) is 0. The summed E-state index contributed by atoms with van der Waals surface area (Å²) in [5.41, 5.74) is 6.34. The molecular weight excluding hydrogens is 424 g/mol. The summed E-state index contributed by atoms with van der Waals surface area (Å²) in [5, 5.41) is 1.06. The molecule has 0 spiro atoms. The lowest BCUT2D eigenvalue weighted by atomic mass is 9.94. The first-order valence-electron chi connectivity index (χ1n) is 11.1. The van der Waals surface area contributed by atoms with E-state index < -0.39 is 6.23 Å². The molecule has 0 radical (unpaired) electrons. The number of aliphatic imine (C=N–C) groups is 1. The predicted octanol–water partition coefficient (Wildman–Crippen LogP) is 3.61. The highest BCUT2D eigenvalue weighted by Gasteiger charge is 2.41. The number of nitrogens with one attached hydrogen (secondary N) is 1. The maximum absolute atomic E-state index is 13.2. The van der Waals surface area contributed by atoms with Crippen molar-refractivity contribution in [1.29, 1.82) is 0 Å². The Balaban J connectivity index is 1.40. The highest BCUT2D eigenvalue weighted by molar-refractivity contribution is 8.14. The number of amides is 1. The van der Waals surface area contributed by atoms with Gasteiger partial charge in [0.25, 0.3) is 5.91 Å². The molecule has 1 N–H and O–H groups in total. The third kappa shape index (κ3) is 3.68. The molecule has 4 heterocycles. The number of hydrogen-bond acceptors (Lipinski definition) is 8. The van der Waals surface area contributed by atoms with E-state index in [9.17, 15) is 4.79 Å². The van der Waals surface area contributed by atoms with E-state index >= 15 is 0 Å². The third-order valence-electron chi connectivity index (χ3n) is 6.13. The molecule has 2 aromatic rings. The van der Waals surface area contributed by atoms with Crippen LogP contribution in [-0.4, -0.2) is 45.1 Å². The smallest absolute Gasteiger partial charge is 0.277 e. The zero-order valence-corrected chi connectivity index (χ0v) is 19.6. The van der Waals surface area contributed by atoms with Gasteiger partial charge in [-0.3, -0.25) is 19.6 Å². The summed E-state index contributed by atoms with van der Waals surface area (Å²) in [6.07, 6.45) is 2.53. The number of carbonyl (C=O) groups excluding carboxylic acids is 1. The van der Waals surface area contributed by atoms with Crippen molar-refractivity contribution in [1.82, 2.24) is 20.3 Å². The lowest BCUT2D eigenvalue weighted by Gasteiger charge is -2.30. The van der Waals surface area contributed by atoms with Gasteiger partial charge in [-0.15, -0.1) is 0 Å². The van der Waals surface area contributed by atoms with Crippen LogP contribution in [0, 0.1) is 11.8 Å². The van der Waals surface area contributed by atoms with Crippen molar-refractivity contribution in [2.24, 2.45) is 16.8 Å². The normalized spacial score (nSPS) is 19.3. The fourth-order valence-corrected chi connectivity index (χ4v) is 5.60. The van der Waals surface area contributed by atoms with Crippen LogP contribution in [-0.2, 0) is 11.4 Å². The minimum absolute atomic E-state index is 0.151. The van der Waals surface area contributed by atoms with E-state index in [1.165, 1.54) is 10.6 Å². The molecule has 0 saturated heterocycles. The summed E-state index contributed by atoms with van der Waals surface area (Å²) in [5.74, 6) is 0.601. The van der Waals surface area contributed by atoms with Gasteiger partial charge in [0.15, 0.2) is 17.1 Å². The second kappa shape index (κ2) is 8.46. The van der Waals surface area contributed by atoms with Crippen LogP contribution in [0.1, 0.15) is 55.7 Å². The Labute approximate surface area is 192 Å². The molecule has 3 aliphatic heterocycles. The first-order valence-corrected chi connectivity index (χ1v) is 11.9. The number of rotatable bonds is 7. The van der Waals surface area contributed by atoms with Gasteiger partial charge in [-0.25, -0.2) is 4.98 Å². The van der Waals surface area contributed by atoms with Gasteiger partial charge in [0.05, 0.1) is 12.2 Å². The zero-order valence-electron chi connectivity index (χ0n) is 18.8. The van der Waals surface area contributed by atoms with Gasteiger partial charge in [-0.05, 0) is 41.3 Å². The molecule has 1 amide bonds. The molecule has 1 aromatic carbocycles. The molecule has 32 heavy (non-hydrogen) atoms. The lowest BCUT2D eigenvalue weighted by molar-refractivity contribution is -0.120. The van der Waals surface area contributed by atoms with E-state index in [1.54, 1.807) is 29.1 Å². The Morgan fingerprint density at radius 2 is 1.97 bits per heavy atom. The first-order chi connectivity index (χ1) is 15.4. The van der Waals surface area contributed by atoms with Crippen LogP contribution in [0.5, 0.6) is 0 Å². The summed E-state index contributed by atoms with van der Waals surface area (Å²) in [6.45, 7) is 10.8. The van der Waals surface area contributed by atoms with Crippen molar-refractivity contribution in [3.63, 3.8) is 0 Å². The van der Waals surface area contributed by atoms with Gasteiger partial charge in [0, 0.05) is 36.4 Å². The third-order valence-corrected chi connectivity index (χ3v) is 7.23. The van der Waals surface area contributed by atoms with E-state index in [0.717, 1.165) is 23.8 Å². The lowest BCUT2D eigenvalue weighted by Crippen LogP contribution is -2.41. The van der Waals surface area contributed by atoms with E-state index in [-0.39, 0.29) is 11.9 Å². The van der Waals surface area contributed by atoms with Crippen LogP contribution in [0.25, 0.3) is 0 Å². The molecule has 1 unspecified atom stereocenters. The van der Waals surface area contributed by atoms with Crippen LogP contribution >= 0.6 is 11.8 Å². The Bertz CT molecular complexity index is 1060. The average Bonchev–Trinajstić information content (AvgIpc) is 3.42. The Hall–Kier alpha value is -2.49. The Morgan fingerprint density at radius 1 is 1.19 bits per heavy atom. The SMILES string of the molecule is CC(C)C(NOC1c2nccnc2C(=O)N1Cc1ccc2c(c1)N1CCN=C1S2)C(C)C. The number of benzene rings is 1. The van der Waals surface area contributed by atoms with Gasteiger partial charge in [-0.1, -0.05) is 33.8 Å². The summed E-state index contributed by atoms with van der Waals surface area (Å²) < 4.78 is 0. The number of carbonyl (C=O) groups is 1. The Morgan fingerprint density at radius 3 is 2.75 bits per heavy atom. The summed E-state index contributed by atoms with van der Waals surface area (Å²) in [6, 6.07) is 6.49. The maximum Gasteiger partial charge on any atom is 0.277 e. The molecule has 0 bridgehead atoms. The second-order valence-electron chi connectivity index (χ2n) is 9.05. The maximum atomic E-state index is 13.2. The fraction of sp³-hybridized carbons (Fsp3) is 0.478. The number of nitrogens with zero attached hydrogens (tertiary/aromatic N) is 5. The van der Waals surface area contributed by atoms with E-state index in [2.05, 4.69) is 71.2 Å². The predicted molar refractivity (Wildman–Crippen MR) is 124 cm³/mol. The minimum atomic E-state index is -0.627. The number of hydroxylamine groups is 1. The van der Waals surface area contributed by atoms with E-state index in [1.807, 2.05) is 0 Å². The monoisotopic (exact) mass is 452 g/mol. The molecule has 8 nitrogen and oxygen atoms in total. The van der Waals surface area contributed by atoms with Crippen molar-refractivity contribution < 1.29 is 9.63 Å². The number of hydrogen-bond donors (Lipinski definition) is 1. The Kier molecular flexibility index (Phi) is 5.65. The van der Waals surface area contributed by atoms with Crippen LogP contribution in [0.4, 0.5) is 5.69 Å². The molecule has 0 fully saturated rings. The molecular formula is C23H28N6O2S. The van der Waals surface area contributed by atoms with Crippen LogP contribution in [0.15, 0.2) is 40.5 Å². The van der Waals surface area contributed by atoms with Crippen molar-refractivity contribution in [3.05, 3.63) is 47.5 Å². The fourth-order valence-electron chi connectivity index (χ4n) is 4.53. The van der Waals surface area contributed by atoms with Crippen molar-refractivity contribution in [3.8, 4) is 0 Å².